The SMILES string of the molecule is Nc1nc(C#C[C@@H]2CCCN2Cc2cnc3ccccc3c2)cn2nc(-c3ccco3)nc12. The third-order valence-corrected chi connectivity index (χ3v) is 5.85. The number of anilines is 1. The zero-order valence-electron chi connectivity index (χ0n) is 17.8. The van der Waals surface area contributed by atoms with Gasteiger partial charge in [0.15, 0.2) is 17.2 Å². The van der Waals surface area contributed by atoms with Crippen LogP contribution in [-0.4, -0.2) is 42.1 Å². The molecule has 1 atom stereocenters. The van der Waals surface area contributed by atoms with Gasteiger partial charge in [0.1, 0.15) is 5.69 Å². The maximum atomic E-state index is 6.13. The van der Waals surface area contributed by atoms with Crippen molar-refractivity contribution in [1.29, 1.82) is 0 Å². The molecule has 1 aromatic carbocycles. The van der Waals surface area contributed by atoms with E-state index in [1.165, 1.54) is 5.56 Å². The summed E-state index contributed by atoms with van der Waals surface area (Å²) < 4.78 is 6.99. The molecule has 5 aromatic rings. The van der Waals surface area contributed by atoms with Crippen LogP contribution in [0.4, 0.5) is 5.82 Å². The molecule has 1 fully saturated rings. The third-order valence-electron chi connectivity index (χ3n) is 5.85. The van der Waals surface area contributed by atoms with E-state index in [-0.39, 0.29) is 11.9 Å². The number of hydrogen-bond acceptors (Lipinski definition) is 7. The molecular formula is C25H21N7O. The second-order valence-electron chi connectivity index (χ2n) is 8.13. The molecule has 33 heavy (non-hydrogen) atoms. The lowest BCUT2D eigenvalue weighted by Crippen LogP contribution is -2.27. The fourth-order valence-corrected chi connectivity index (χ4v) is 4.26. The van der Waals surface area contributed by atoms with Crippen LogP contribution < -0.4 is 5.73 Å². The molecule has 4 aromatic heterocycles. The van der Waals surface area contributed by atoms with Crippen LogP contribution in [0.25, 0.3) is 28.1 Å². The van der Waals surface area contributed by atoms with E-state index in [0.717, 1.165) is 36.8 Å². The molecule has 6 rings (SSSR count). The van der Waals surface area contributed by atoms with Gasteiger partial charge in [-0.15, -0.1) is 5.10 Å². The van der Waals surface area contributed by atoms with E-state index in [2.05, 4.69) is 48.9 Å². The van der Waals surface area contributed by atoms with Crippen molar-refractivity contribution in [3.8, 4) is 23.4 Å². The normalized spacial score (nSPS) is 16.3. The second-order valence-corrected chi connectivity index (χ2v) is 8.13. The Morgan fingerprint density at radius 3 is 3.00 bits per heavy atom. The number of aromatic nitrogens is 5. The highest BCUT2D eigenvalue weighted by Gasteiger charge is 2.23. The van der Waals surface area contributed by atoms with Gasteiger partial charge in [-0.25, -0.2) is 14.5 Å². The van der Waals surface area contributed by atoms with Gasteiger partial charge < -0.3 is 10.2 Å². The average molecular weight is 435 g/mol. The van der Waals surface area contributed by atoms with Crippen LogP contribution in [0.15, 0.2) is 65.5 Å². The Kier molecular flexibility index (Phi) is 4.74. The maximum absolute atomic E-state index is 6.13. The quantitative estimate of drug-likeness (QED) is 0.433. The Hall–Kier alpha value is -4.22. The lowest BCUT2D eigenvalue weighted by atomic mass is 10.1. The summed E-state index contributed by atoms with van der Waals surface area (Å²) in [7, 11) is 0. The van der Waals surface area contributed by atoms with Gasteiger partial charge in [-0.1, -0.05) is 24.1 Å². The number of likely N-dealkylation sites (tertiary alicyclic amines) is 1. The molecule has 0 spiro atoms. The first kappa shape index (κ1) is 19.5. The van der Waals surface area contributed by atoms with Crippen molar-refractivity contribution < 1.29 is 4.42 Å². The number of fused-ring (bicyclic) bond motifs is 2. The highest BCUT2D eigenvalue weighted by atomic mass is 16.3. The van der Waals surface area contributed by atoms with Gasteiger partial charge in [-0.2, -0.15) is 0 Å². The number of para-hydroxylation sites is 1. The van der Waals surface area contributed by atoms with Crippen LogP contribution in [0, 0.1) is 11.8 Å². The van der Waals surface area contributed by atoms with Gasteiger partial charge in [0.2, 0.25) is 5.82 Å². The first-order valence-corrected chi connectivity index (χ1v) is 10.9. The summed E-state index contributed by atoms with van der Waals surface area (Å²) in [5.41, 5.74) is 9.39. The van der Waals surface area contributed by atoms with E-state index >= 15 is 0 Å². The smallest absolute Gasteiger partial charge is 0.218 e. The topological polar surface area (TPSA) is 98.4 Å². The molecule has 0 radical (unpaired) electrons. The molecule has 1 aliphatic heterocycles. The molecule has 0 aliphatic carbocycles. The molecule has 0 unspecified atom stereocenters. The summed E-state index contributed by atoms with van der Waals surface area (Å²) >= 11 is 0. The largest absolute Gasteiger partial charge is 0.461 e. The Morgan fingerprint density at radius 2 is 2.09 bits per heavy atom. The molecule has 0 bridgehead atoms. The number of nitrogen functional groups attached to an aromatic ring is 1. The van der Waals surface area contributed by atoms with E-state index in [9.17, 15) is 0 Å². The Morgan fingerprint density at radius 1 is 1.15 bits per heavy atom. The summed E-state index contributed by atoms with van der Waals surface area (Å²) in [6, 6.07) is 14.1. The van der Waals surface area contributed by atoms with Crippen molar-refractivity contribution in [2.45, 2.75) is 25.4 Å². The Bertz CT molecular complexity index is 1510. The van der Waals surface area contributed by atoms with Crippen LogP contribution in [0.5, 0.6) is 0 Å². The van der Waals surface area contributed by atoms with E-state index in [1.807, 2.05) is 24.4 Å². The molecular weight excluding hydrogens is 414 g/mol. The number of nitrogens with zero attached hydrogens (tertiary/aromatic N) is 6. The van der Waals surface area contributed by atoms with Gasteiger partial charge in [-0.3, -0.25) is 9.88 Å². The van der Waals surface area contributed by atoms with Gasteiger partial charge in [0.05, 0.1) is 24.0 Å². The molecule has 8 heteroatoms. The summed E-state index contributed by atoms with van der Waals surface area (Å²) in [6.07, 6.45) is 7.44. The highest BCUT2D eigenvalue weighted by molar-refractivity contribution is 5.78. The number of rotatable bonds is 3. The summed E-state index contributed by atoms with van der Waals surface area (Å²) in [4.78, 5) is 15.8. The van der Waals surface area contributed by atoms with Crippen molar-refractivity contribution in [1.82, 2.24) is 29.5 Å². The number of furan rings is 1. The van der Waals surface area contributed by atoms with Gasteiger partial charge in [0.25, 0.3) is 0 Å². The minimum absolute atomic E-state index is 0.157. The third kappa shape index (κ3) is 3.79. The van der Waals surface area contributed by atoms with Crippen LogP contribution in [-0.2, 0) is 6.54 Å². The molecule has 1 saturated heterocycles. The number of pyridine rings is 1. The highest BCUT2D eigenvalue weighted by Crippen LogP contribution is 2.22. The zero-order valence-corrected chi connectivity index (χ0v) is 17.8. The van der Waals surface area contributed by atoms with Gasteiger partial charge in [-0.05, 0) is 55.1 Å². The number of nitrogens with two attached hydrogens (primary N) is 1. The predicted octanol–water partition coefficient (Wildman–Crippen LogP) is 3.53. The van der Waals surface area contributed by atoms with Crippen molar-refractivity contribution in [2.75, 3.05) is 12.3 Å². The number of hydrogen-bond donors (Lipinski definition) is 1. The van der Waals surface area contributed by atoms with E-state index in [0.29, 0.717) is 22.9 Å². The van der Waals surface area contributed by atoms with Crippen LogP contribution >= 0.6 is 0 Å². The monoisotopic (exact) mass is 435 g/mol. The van der Waals surface area contributed by atoms with E-state index in [1.54, 1.807) is 29.1 Å². The molecule has 5 heterocycles. The van der Waals surface area contributed by atoms with Crippen molar-refractivity contribution >= 4 is 22.4 Å². The molecule has 2 N–H and O–H groups in total. The fourth-order valence-electron chi connectivity index (χ4n) is 4.26. The Labute approximate surface area is 190 Å². The molecule has 8 nitrogen and oxygen atoms in total. The molecule has 0 saturated carbocycles. The van der Waals surface area contributed by atoms with Crippen LogP contribution in [0.3, 0.4) is 0 Å². The maximum Gasteiger partial charge on any atom is 0.218 e. The number of benzene rings is 1. The average Bonchev–Trinajstić information content (AvgIpc) is 3.58. The summed E-state index contributed by atoms with van der Waals surface area (Å²) in [6.45, 7) is 1.83. The lowest BCUT2D eigenvalue weighted by molar-refractivity contribution is 0.288. The molecule has 0 amide bonds. The van der Waals surface area contributed by atoms with Crippen molar-refractivity contribution in [2.24, 2.45) is 0 Å². The van der Waals surface area contributed by atoms with Crippen LogP contribution in [0.2, 0.25) is 0 Å². The minimum atomic E-state index is 0.157. The van der Waals surface area contributed by atoms with Crippen molar-refractivity contribution in [3.63, 3.8) is 0 Å². The van der Waals surface area contributed by atoms with Crippen molar-refractivity contribution in [3.05, 3.63) is 72.4 Å². The van der Waals surface area contributed by atoms with Gasteiger partial charge in [0, 0.05) is 18.1 Å². The van der Waals surface area contributed by atoms with Crippen LogP contribution in [0.1, 0.15) is 24.1 Å². The molecule has 1 aliphatic rings. The summed E-state index contributed by atoms with van der Waals surface area (Å²) in [5, 5.41) is 5.62. The van der Waals surface area contributed by atoms with E-state index in [4.69, 9.17) is 10.2 Å². The predicted molar refractivity (Wildman–Crippen MR) is 125 cm³/mol. The first-order valence-electron chi connectivity index (χ1n) is 10.9. The Balaban J connectivity index is 1.24. The summed E-state index contributed by atoms with van der Waals surface area (Å²) in [5.74, 6) is 7.92. The standard InChI is InChI=1S/C25H21N7O/c26-23-25-29-24(22-8-4-12-33-22)30-32(25)16-19(28-23)9-10-20-6-3-11-31(20)15-17-13-18-5-1-2-7-21(18)27-14-17/h1-2,4-5,7-8,12-14,16,20H,3,6,11,15H2,(H2,26,28)/t20-/m0/s1. The zero-order chi connectivity index (χ0) is 22.2. The fraction of sp³-hybridized carbons (Fsp3) is 0.200. The molecule has 162 valence electrons. The lowest BCUT2D eigenvalue weighted by Gasteiger charge is -2.20. The first-order chi connectivity index (χ1) is 16.2. The second kappa shape index (κ2) is 8.04. The van der Waals surface area contributed by atoms with Gasteiger partial charge >= 0.3 is 0 Å². The van der Waals surface area contributed by atoms with E-state index < -0.39 is 0 Å². The minimum Gasteiger partial charge on any atom is -0.461 e.